The molecule has 0 bridgehead atoms. The second kappa shape index (κ2) is 13.3. The number of nitrogens with one attached hydrogen (secondary N) is 3. The lowest BCUT2D eigenvalue weighted by Gasteiger charge is -2.38. The predicted octanol–water partition coefficient (Wildman–Crippen LogP) is 5.91. The average molecular weight is 626 g/mol. The molecule has 0 unspecified atom stereocenters. The summed E-state index contributed by atoms with van der Waals surface area (Å²) in [6.07, 6.45) is 9.24. The molecule has 3 fully saturated rings. The van der Waals surface area contributed by atoms with Crippen LogP contribution >= 0.6 is 11.6 Å². The number of sulfonamides is 1. The minimum absolute atomic E-state index is 0.0239. The van der Waals surface area contributed by atoms with Crippen LogP contribution in [0.15, 0.2) is 53.6 Å². The zero-order chi connectivity index (χ0) is 29.8. The van der Waals surface area contributed by atoms with Crippen LogP contribution in [-0.4, -0.2) is 68.2 Å². The smallest absolute Gasteiger partial charge is 0.242 e. The van der Waals surface area contributed by atoms with Gasteiger partial charge in [0.15, 0.2) is 5.82 Å². The van der Waals surface area contributed by atoms with Crippen LogP contribution in [0, 0.1) is 0 Å². The summed E-state index contributed by atoms with van der Waals surface area (Å²) in [7, 11) is -3.71. The molecule has 1 saturated carbocycles. The van der Waals surface area contributed by atoms with Crippen LogP contribution in [0.1, 0.15) is 51.9 Å². The molecule has 0 spiro atoms. The highest BCUT2D eigenvalue weighted by atomic mass is 35.5. The van der Waals surface area contributed by atoms with E-state index >= 15 is 0 Å². The van der Waals surface area contributed by atoms with E-state index in [1.807, 2.05) is 13.0 Å². The molecule has 3 aliphatic rings. The Kier molecular flexibility index (Phi) is 9.22. The first-order valence-electron chi connectivity index (χ1n) is 15.3. The van der Waals surface area contributed by atoms with Gasteiger partial charge in [-0.15, -0.1) is 0 Å². The highest BCUT2D eigenvalue weighted by Gasteiger charge is 2.28. The molecular weight excluding hydrogens is 586 g/mol. The molecule has 3 heterocycles. The van der Waals surface area contributed by atoms with Gasteiger partial charge in [-0.05, 0) is 82.8 Å². The van der Waals surface area contributed by atoms with Gasteiger partial charge >= 0.3 is 0 Å². The van der Waals surface area contributed by atoms with Gasteiger partial charge in [-0.1, -0.05) is 30.2 Å². The third-order valence-corrected chi connectivity index (χ3v) is 10.5. The molecule has 2 aliphatic heterocycles. The van der Waals surface area contributed by atoms with Gasteiger partial charge in [0.2, 0.25) is 16.0 Å². The molecule has 0 radical (unpaired) electrons. The molecule has 12 heteroatoms. The van der Waals surface area contributed by atoms with E-state index in [0.29, 0.717) is 35.9 Å². The second-order valence-electron chi connectivity index (χ2n) is 11.5. The Morgan fingerprint density at radius 3 is 2.44 bits per heavy atom. The standard InChI is InChI=1S/C31H40ClN7O3S/c1-2-42-28-20-24(39-18-14-23(15-19-39)38-16-5-6-17-38)12-13-26(28)35-31-33-21-25(32)30(36-31)34-27-10-3-4-11-29(27)43(40,41)37-22-8-7-9-22/h3-4,10-13,20-23,37H,2,5-9,14-19H2,1H3,(H2,33,34,35,36). The van der Waals surface area contributed by atoms with Gasteiger partial charge < -0.3 is 25.2 Å². The Balaban J connectivity index is 1.17. The summed E-state index contributed by atoms with van der Waals surface area (Å²) in [5.74, 6) is 1.31. The molecule has 3 aromatic rings. The summed E-state index contributed by atoms with van der Waals surface area (Å²) in [5, 5.41) is 6.65. The Morgan fingerprint density at radius 2 is 1.72 bits per heavy atom. The Hall–Kier alpha value is -3.12. The van der Waals surface area contributed by atoms with Crippen molar-refractivity contribution in [3.05, 3.63) is 53.7 Å². The molecule has 1 aromatic heterocycles. The third-order valence-electron chi connectivity index (χ3n) is 8.60. The molecule has 0 amide bonds. The summed E-state index contributed by atoms with van der Waals surface area (Å²) in [5.41, 5.74) is 2.26. The van der Waals surface area contributed by atoms with Gasteiger partial charge in [0.05, 0.1) is 24.2 Å². The fraction of sp³-hybridized carbons (Fsp3) is 0.484. The molecule has 2 aromatic carbocycles. The van der Waals surface area contributed by atoms with Gasteiger partial charge in [0, 0.05) is 36.9 Å². The fourth-order valence-electron chi connectivity index (χ4n) is 6.06. The zero-order valence-corrected chi connectivity index (χ0v) is 26.1. The van der Waals surface area contributed by atoms with E-state index < -0.39 is 10.0 Å². The molecule has 43 heavy (non-hydrogen) atoms. The van der Waals surface area contributed by atoms with Crippen LogP contribution in [-0.2, 0) is 10.0 Å². The fourth-order valence-corrected chi connectivity index (χ4v) is 7.66. The lowest BCUT2D eigenvalue weighted by Crippen LogP contribution is -2.43. The van der Waals surface area contributed by atoms with E-state index in [-0.39, 0.29) is 16.0 Å². The molecule has 1 aliphatic carbocycles. The van der Waals surface area contributed by atoms with Crippen molar-refractivity contribution in [3.8, 4) is 5.75 Å². The van der Waals surface area contributed by atoms with Crippen LogP contribution < -0.4 is 25.0 Å². The Labute approximate surface area is 259 Å². The van der Waals surface area contributed by atoms with E-state index in [0.717, 1.165) is 43.7 Å². The van der Waals surface area contributed by atoms with Gasteiger partial charge in [0.25, 0.3) is 0 Å². The first-order valence-corrected chi connectivity index (χ1v) is 17.2. The summed E-state index contributed by atoms with van der Waals surface area (Å²) >= 11 is 6.46. The molecule has 6 rings (SSSR count). The number of anilines is 5. The highest BCUT2D eigenvalue weighted by Crippen LogP contribution is 2.35. The maximum atomic E-state index is 13.1. The molecule has 3 N–H and O–H groups in total. The number of benzene rings is 2. The number of piperidine rings is 1. The molecule has 2 saturated heterocycles. The monoisotopic (exact) mass is 625 g/mol. The summed E-state index contributed by atoms with van der Waals surface area (Å²) in [6.45, 7) is 7.03. The van der Waals surface area contributed by atoms with Crippen LogP contribution in [0.5, 0.6) is 5.75 Å². The first-order chi connectivity index (χ1) is 20.9. The van der Waals surface area contributed by atoms with Crippen molar-refractivity contribution in [1.29, 1.82) is 0 Å². The third kappa shape index (κ3) is 7.01. The predicted molar refractivity (Wildman–Crippen MR) is 172 cm³/mol. The summed E-state index contributed by atoms with van der Waals surface area (Å²) in [4.78, 5) is 14.2. The van der Waals surface area contributed by atoms with E-state index in [1.54, 1.807) is 24.3 Å². The van der Waals surface area contributed by atoms with Gasteiger partial charge in [0.1, 0.15) is 15.7 Å². The van der Waals surface area contributed by atoms with Crippen LogP contribution in [0.4, 0.5) is 28.8 Å². The number of likely N-dealkylation sites (tertiary alicyclic amines) is 1. The average Bonchev–Trinajstić information content (AvgIpc) is 3.54. The Morgan fingerprint density at radius 1 is 0.953 bits per heavy atom. The second-order valence-corrected chi connectivity index (χ2v) is 13.5. The molecule has 0 atom stereocenters. The number of rotatable bonds is 11. The van der Waals surface area contributed by atoms with Crippen LogP contribution in [0.25, 0.3) is 0 Å². The van der Waals surface area contributed by atoms with Crippen LogP contribution in [0.3, 0.4) is 0 Å². The normalized spacial score (nSPS) is 18.4. The van der Waals surface area contributed by atoms with Gasteiger partial charge in [-0.3, -0.25) is 0 Å². The highest BCUT2D eigenvalue weighted by molar-refractivity contribution is 7.89. The number of ether oxygens (including phenoxy) is 1. The zero-order valence-electron chi connectivity index (χ0n) is 24.6. The lowest BCUT2D eigenvalue weighted by molar-refractivity contribution is 0.208. The maximum Gasteiger partial charge on any atom is 0.242 e. The van der Waals surface area contributed by atoms with Crippen molar-refractivity contribution < 1.29 is 13.2 Å². The first kappa shape index (κ1) is 29.9. The van der Waals surface area contributed by atoms with E-state index in [4.69, 9.17) is 16.3 Å². The number of halogens is 1. The van der Waals surface area contributed by atoms with E-state index in [9.17, 15) is 8.42 Å². The minimum Gasteiger partial charge on any atom is -0.492 e. The minimum atomic E-state index is -3.71. The van der Waals surface area contributed by atoms with Gasteiger partial charge in [-0.25, -0.2) is 18.1 Å². The Bertz CT molecular complexity index is 1520. The van der Waals surface area contributed by atoms with Gasteiger partial charge in [-0.2, -0.15) is 4.98 Å². The number of hydrogen-bond donors (Lipinski definition) is 3. The van der Waals surface area contributed by atoms with E-state index in [1.165, 1.54) is 45.0 Å². The maximum absolute atomic E-state index is 13.1. The largest absolute Gasteiger partial charge is 0.492 e. The van der Waals surface area contributed by atoms with Crippen molar-refractivity contribution in [1.82, 2.24) is 19.6 Å². The number of nitrogens with zero attached hydrogens (tertiary/aromatic N) is 4. The SMILES string of the molecule is CCOc1cc(N2CCC(N3CCCC3)CC2)ccc1Nc1ncc(Cl)c(Nc2ccccc2S(=O)(=O)NC2CCC2)n1. The molecule has 230 valence electrons. The number of aromatic nitrogens is 2. The summed E-state index contributed by atoms with van der Waals surface area (Å²) in [6, 6.07) is 13.6. The quantitative estimate of drug-likeness (QED) is 0.239. The van der Waals surface area contributed by atoms with Crippen molar-refractivity contribution in [2.45, 2.75) is 68.8 Å². The molecule has 10 nitrogen and oxygen atoms in total. The number of hydrogen-bond acceptors (Lipinski definition) is 9. The van der Waals surface area contributed by atoms with Crippen molar-refractivity contribution >= 4 is 50.5 Å². The van der Waals surface area contributed by atoms with Crippen molar-refractivity contribution in [2.75, 3.05) is 48.3 Å². The summed E-state index contributed by atoms with van der Waals surface area (Å²) < 4.78 is 35.0. The molecular formula is C31H40ClN7O3S. The topological polar surface area (TPSA) is 112 Å². The van der Waals surface area contributed by atoms with Crippen molar-refractivity contribution in [3.63, 3.8) is 0 Å². The van der Waals surface area contributed by atoms with Crippen LogP contribution in [0.2, 0.25) is 5.02 Å². The number of para-hydroxylation sites is 1. The van der Waals surface area contributed by atoms with E-state index in [2.05, 4.69) is 47.3 Å². The lowest BCUT2D eigenvalue weighted by atomic mass is 9.94. The van der Waals surface area contributed by atoms with Crippen molar-refractivity contribution in [2.24, 2.45) is 0 Å².